The van der Waals surface area contributed by atoms with Gasteiger partial charge in [-0.2, -0.15) is 0 Å². The van der Waals surface area contributed by atoms with Crippen molar-refractivity contribution in [3.05, 3.63) is 40.2 Å². The van der Waals surface area contributed by atoms with Gasteiger partial charge in [0.1, 0.15) is 5.54 Å². The van der Waals surface area contributed by atoms with Crippen molar-refractivity contribution in [2.24, 2.45) is 5.41 Å². The van der Waals surface area contributed by atoms with Crippen molar-refractivity contribution in [2.75, 3.05) is 6.61 Å². The highest BCUT2D eigenvalue weighted by molar-refractivity contribution is 7.09. The highest BCUT2D eigenvalue weighted by Crippen LogP contribution is 2.51. The zero-order chi connectivity index (χ0) is 19.8. The third kappa shape index (κ3) is 3.26. The van der Waals surface area contributed by atoms with E-state index in [4.69, 9.17) is 4.74 Å². The Morgan fingerprint density at radius 1 is 1.41 bits per heavy atom. The second-order valence-electron chi connectivity index (χ2n) is 7.37. The monoisotopic (exact) mass is 388 g/mol. The van der Waals surface area contributed by atoms with Gasteiger partial charge in [0, 0.05) is 34.9 Å². The van der Waals surface area contributed by atoms with E-state index in [1.807, 2.05) is 39.1 Å². The first kappa shape index (κ1) is 19.5. The van der Waals surface area contributed by atoms with Gasteiger partial charge in [0.2, 0.25) is 0 Å². The Morgan fingerprint density at radius 2 is 2.15 bits per heavy atom. The van der Waals surface area contributed by atoms with Gasteiger partial charge < -0.3 is 15.2 Å². The van der Waals surface area contributed by atoms with Crippen LogP contribution in [-0.4, -0.2) is 40.2 Å². The number of nitrogens with zero attached hydrogens (tertiary/aromatic N) is 1. The van der Waals surface area contributed by atoms with E-state index in [-0.39, 0.29) is 12.5 Å². The minimum atomic E-state index is -1.35. The highest BCUT2D eigenvalue weighted by atomic mass is 32.1. The fraction of sp³-hybridized carbons (Fsp3) is 0.450. The first-order chi connectivity index (χ1) is 12.7. The Hall–Kier alpha value is -2.25. The molecule has 1 aromatic heterocycles. The summed E-state index contributed by atoms with van der Waals surface area (Å²) < 4.78 is 5.64. The molecule has 1 aliphatic carbocycles. The molecule has 0 aliphatic heterocycles. The Balaban J connectivity index is 1.85. The van der Waals surface area contributed by atoms with E-state index in [2.05, 4.69) is 10.3 Å². The zero-order valence-corrected chi connectivity index (χ0v) is 16.7. The molecule has 2 N–H and O–H groups in total. The van der Waals surface area contributed by atoms with Crippen LogP contribution in [0.2, 0.25) is 0 Å². The zero-order valence-electron chi connectivity index (χ0n) is 15.9. The molecule has 0 radical (unpaired) electrons. The van der Waals surface area contributed by atoms with E-state index in [1.54, 1.807) is 29.5 Å². The van der Waals surface area contributed by atoms with Gasteiger partial charge in [0.05, 0.1) is 16.8 Å². The van der Waals surface area contributed by atoms with Gasteiger partial charge in [-0.05, 0) is 26.0 Å². The number of carboxylic acid groups (broad SMARTS) is 1. The van der Waals surface area contributed by atoms with Gasteiger partial charge in [0.15, 0.2) is 0 Å². The molecule has 27 heavy (non-hydrogen) atoms. The summed E-state index contributed by atoms with van der Waals surface area (Å²) in [4.78, 5) is 29.4. The molecule has 1 fully saturated rings. The van der Waals surface area contributed by atoms with Gasteiger partial charge >= 0.3 is 5.97 Å². The molecule has 0 saturated heterocycles. The molecular formula is C20H24N2O4S. The molecule has 1 amide bonds. The number of aromatic nitrogens is 1. The maximum Gasteiger partial charge on any atom is 0.330 e. The van der Waals surface area contributed by atoms with Crippen molar-refractivity contribution in [1.29, 1.82) is 0 Å². The van der Waals surface area contributed by atoms with E-state index >= 15 is 0 Å². The normalized spacial score (nSPS) is 23.5. The number of hydrogen-bond donors (Lipinski definition) is 2. The molecule has 2 aromatic rings. The topological polar surface area (TPSA) is 88.5 Å². The summed E-state index contributed by atoms with van der Waals surface area (Å²) in [5.74, 6) is -1.45. The fourth-order valence-corrected chi connectivity index (χ4v) is 4.24. The minimum Gasteiger partial charge on any atom is -0.479 e. The maximum absolute atomic E-state index is 12.9. The molecule has 0 spiro atoms. The van der Waals surface area contributed by atoms with E-state index in [1.165, 1.54) is 0 Å². The van der Waals surface area contributed by atoms with Crippen molar-refractivity contribution in [2.45, 2.75) is 45.8 Å². The van der Waals surface area contributed by atoms with Crippen LogP contribution in [0.1, 0.15) is 42.6 Å². The standard InChI is InChI=1S/C20H24N2O4S/c1-5-26-16-10-20(18(24)25,19(16,3)4)22-17(23)14-8-6-7-13(9-14)15-11-27-12(2)21-15/h6-9,11,16H,5,10H2,1-4H3,(H,22,23)(H,24,25). The smallest absolute Gasteiger partial charge is 0.330 e. The van der Waals surface area contributed by atoms with E-state index in [0.717, 1.165) is 16.3 Å². The molecule has 7 heteroatoms. The van der Waals surface area contributed by atoms with Crippen LogP contribution in [0.3, 0.4) is 0 Å². The number of carbonyl (C=O) groups is 2. The maximum atomic E-state index is 12.9. The number of rotatable bonds is 6. The number of aliphatic carboxylic acids is 1. The van der Waals surface area contributed by atoms with Crippen LogP contribution >= 0.6 is 11.3 Å². The van der Waals surface area contributed by atoms with Crippen LogP contribution in [-0.2, 0) is 9.53 Å². The molecule has 1 saturated carbocycles. The lowest BCUT2D eigenvalue weighted by Gasteiger charge is -2.58. The number of carboxylic acids is 1. The van der Waals surface area contributed by atoms with E-state index in [9.17, 15) is 14.7 Å². The van der Waals surface area contributed by atoms with Crippen LogP contribution in [0.5, 0.6) is 0 Å². The quantitative estimate of drug-likeness (QED) is 0.791. The predicted octanol–water partition coefficient (Wildman–Crippen LogP) is 3.51. The van der Waals surface area contributed by atoms with E-state index < -0.39 is 22.8 Å². The fourth-order valence-electron chi connectivity index (χ4n) is 3.62. The first-order valence-electron chi connectivity index (χ1n) is 8.91. The third-order valence-corrected chi connectivity index (χ3v) is 6.27. The number of benzene rings is 1. The lowest BCUT2D eigenvalue weighted by Crippen LogP contribution is -2.76. The van der Waals surface area contributed by atoms with Gasteiger partial charge in [0.25, 0.3) is 5.91 Å². The van der Waals surface area contributed by atoms with Gasteiger partial charge in [-0.1, -0.05) is 26.0 Å². The summed E-state index contributed by atoms with van der Waals surface area (Å²) in [6.07, 6.45) is 0.0445. The highest BCUT2D eigenvalue weighted by Gasteiger charge is 2.66. The van der Waals surface area contributed by atoms with Crippen molar-refractivity contribution >= 4 is 23.2 Å². The Morgan fingerprint density at radius 3 is 2.70 bits per heavy atom. The summed E-state index contributed by atoms with van der Waals surface area (Å²) in [5.41, 5.74) is -0.0167. The Kier molecular flexibility index (Phi) is 5.10. The summed E-state index contributed by atoms with van der Waals surface area (Å²) in [6.45, 7) is 7.95. The van der Waals surface area contributed by atoms with Gasteiger partial charge in [-0.25, -0.2) is 9.78 Å². The molecule has 2 unspecified atom stereocenters. The van der Waals surface area contributed by atoms with Crippen LogP contribution in [0, 0.1) is 12.3 Å². The summed E-state index contributed by atoms with van der Waals surface area (Å²) in [5, 5.41) is 15.5. The van der Waals surface area contributed by atoms with Crippen LogP contribution in [0.15, 0.2) is 29.6 Å². The van der Waals surface area contributed by atoms with Crippen molar-refractivity contribution in [3.8, 4) is 11.3 Å². The molecule has 1 heterocycles. The number of carbonyl (C=O) groups excluding carboxylic acids is 1. The number of nitrogens with one attached hydrogen (secondary N) is 1. The molecule has 1 aliphatic rings. The second-order valence-corrected chi connectivity index (χ2v) is 8.43. The molecule has 3 rings (SSSR count). The second kappa shape index (κ2) is 7.05. The van der Waals surface area contributed by atoms with Gasteiger partial charge in [-0.3, -0.25) is 4.79 Å². The van der Waals surface area contributed by atoms with Crippen LogP contribution in [0.4, 0.5) is 0 Å². The van der Waals surface area contributed by atoms with Crippen LogP contribution in [0.25, 0.3) is 11.3 Å². The SMILES string of the molecule is CCOC1CC(NC(=O)c2cccc(-c3csc(C)n3)c2)(C(=O)O)C1(C)C. The lowest BCUT2D eigenvalue weighted by atomic mass is 9.54. The van der Waals surface area contributed by atoms with Crippen molar-refractivity contribution in [1.82, 2.24) is 10.3 Å². The summed E-state index contributed by atoms with van der Waals surface area (Å²) in [7, 11) is 0. The molecule has 0 bridgehead atoms. The minimum absolute atomic E-state index is 0.205. The predicted molar refractivity (Wildman–Crippen MR) is 104 cm³/mol. The number of thiazole rings is 1. The van der Waals surface area contributed by atoms with Crippen LogP contribution < -0.4 is 5.32 Å². The number of ether oxygens (including phenoxy) is 1. The van der Waals surface area contributed by atoms with E-state index in [0.29, 0.717) is 12.2 Å². The number of amides is 1. The van der Waals surface area contributed by atoms with Crippen molar-refractivity contribution < 1.29 is 19.4 Å². The average Bonchev–Trinajstić information content (AvgIpc) is 3.06. The average molecular weight is 388 g/mol. The molecular weight excluding hydrogens is 364 g/mol. The first-order valence-corrected chi connectivity index (χ1v) is 9.79. The van der Waals surface area contributed by atoms with Crippen molar-refractivity contribution in [3.63, 3.8) is 0 Å². The Bertz CT molecular complexity index is 876. The molecule has 1 aromatic carbocycles. The number of aryl methyl sites for hydroxylation is 1. The molecule has 6 nitrogen and oxygen atoms in total. The summed E-state index contributed by atoms with van der Waals surface area (Å²) >= 11 is 1.54. The third-order valence-electron chi connectivity index (χ3n) is 5.50. The Labute approximate surface area is 162 Å². The molecule has 2 atom stereocenters. The van der Waals surface area contributed by atoms with Gasteiger partial charge in [-0.15, -0.1) is 11.3 Å². The lowest BCUT2D eigenvalue weighted by molar-refractivity contribution is -0.190. The number of hydrogen-bond acceptors (Lipinski definition) is 5. The largest absolute Gasteiger partial charge is 0.479 e. The molecule has 144 valence electrons. The summed E-state index contributed by atoms with van der Waals surface area (Å²) in [6, 6.07) is 7.09.